The first-order chi connectivity index (χ1) is 5.29. The normalized spacial score (nSPS) is 21.9. The summed E-state index contributed by atoms with van der Waals surface area (Å²) in [7, 11) is 0. The predicted octanol–water partition coefficient (Wildman–Crippen LogP) is 0.0589. The third-order valence-electron chi connectivity index (χ3n) is 1.72. The van der Waals surface area contributed by atoms with E-state index >= 15 is 0 Å². The van der Waals surface area contributed by atoms with Crippen molar-refractivity contribution in [3.05, 3.63) is 41.6 Å². The summed E-state index contributed by atoms with van der Waals surface area (Å²) in [5.74, 6) is -0.175. The maximum absolute atomic E-state index is 11.0. The van der Waals surface area contributed by atoms with Crippen molar-refractivity contribution < 1.29 is 9.86 Å². The summed E-state index contributed by atoms with van der Waals surface area (Å²) >= 11 is 0. The zero-order valence-corrected chi connectivity index (χ0v) is 5.70. The minimum absolute atomic E-state index is 0.175. The number of para-hydroxylation sites is 1. The van der Waals surface area contributed by atoms with Crippen LogP contribution in [0.25, 0.3) is 0 Å². The maximum atomic E-state index is 11.0. The molecule has 3 heteroatoms. The Morgan fingerprint density at radius 3 is 2.73 bits per heavy atom. The number of ketones is 1. The van der Waals surface area contributed by atoms with Crippen LogP contribution in [0.1, 0.15) is 10.4 Å². The van der Waals surface area contributed by atoms with Crippen LogP contribution in [0.3, 0.4) is 0 Å². The molecular weight excluding hydrogens is 142 g/mol. The minimum atomic E-state index is -0.175. The van der Waals surface area contributed by atoms with Crippen LogP contribution >= 0.6 is 0 Å². The lowest BCUT2D eigenvalue weighted by Gasteiger charge is -2.12. The smallest absolute Gasteiger partial charge is 0.233 e. The van der Waals surface area contributed by atoms with Gasteiger partial charge in [-0.05, 0) is 6.07 Å². The number of benzene rings is 1. The SMILES string of the molecule is O=C1[CH][NH+]([O-])c2ccccc21. The van der Waals surface area contributed by atoms with Gasteiger partial charge in [0, 0.05) is 6.07 Å². The van der Waals surface area contributed by atoms with Gasteiger partial charge < -0.3 is 10.3 Å². The monoisotopic (exact) mass is 148 g/mol. The highest BCUT2D eigenvalue weighted by Gasteiger charge is 2.27. The van der Waals surface area contributed by atoms with Gasteiger partial charge in [-0.2, -0.15) is 0 Å². The molecule has 0 saturated heterocycles. The van der Waals surface area contributed by atoms with E-state index < -0.39 is 0 Å². The van der Waals surface area contributed by atoms with E-state index in [-0.39, 0.29) is 10.8 Å². The van der Waals surface area contributed by atoms with Gasteiger partial charge in [0.05, 0.1) is 5.56 Å². The predicted molar refractivity (Wildman–Crippen MR) is 39.1 cm³/mol. The van der Waals surface area contributed by atoms with Crippen molar-refractivity contribution in [1.82, 2.24) is 0 Å². The molecule has 1 N–H and O–H groups in total. The molecule has 1 radical (unpaired) electrons. The number of rotatable bonds is 0. The Kier molecular flexibility index (Phi) is 1.27. The van der Waals surface area contributed by atoms with Crippen LogP contribution < -0.4 is 5.06 Å². The van der Waals surface area contributed by atoms with E-state index in [4.69, 9.17) is 0 Å². The molecule has 0 aliphatic carbocycles. The molecule has 1 aromatic rings. The summed E-state index contributed by atoms with van der Waals surface area (Å²) in [5, 5.41) is 10.8. The van der Waals surface area contributed by atoms with E-state index in [9.17, 15) is 10.0 Å². The van der Waals surface area contributed by atoms with E-state index in [1.807, 2.05) is 0 Å². The molecule has 0 aromatic heterocycles. The fourth-order valence-electron chi connectivity index (χ4n) is 1.19. The molecule has 2 rings (SSSR count). The molecule has 0 amide bonds. The Morgan fingerprint density at radius 1 is 1.27 bits per heavy atom. The zero-order valence-electron chi connectivity index (χ0n) is 5.70. The summed E-state index contributed by atoms with van der Waals surface area (Å²) in [5.41, 5.74) is 1.05. The first kappa shape index (κ1) is 6.52. The van der Waals surface area contributed by atoms with Gasteiger partial charge in [0.25, 0.3) is 0 Å². The quantitative estimate of drug-likeness (QED) is 0.529. The third-order valence-corrected chi connectivity index (χ3v) is 1.72. The van der Waals surface area contributed by atoms with Crippen molar-refractivity contribution in [2.75, 3.05) is 0 Å². The van der Waals surface area contributed by atoms with Crippen molar-refractivity contribution in [2.45, 2.75) is 0 Å². The fraction of sp³-hybridized carbons (Fsp3) is 0. The maximum Gasteiger partial charge on any atom is 0.233 e. The average molecular weight is 148 g/mol. The van der Waals surface area contributed by atoms with E-state index in [0.717, 1.165) is 6.54 Å². The summed E-state index contributed by atoms with van der Waals surface area (Å²) in [6.45, 7) is 1.13. The average Bonchev–Trinajstić information content (AvgIpc) is 2.30. The first-order valence-corrected chi connectivity index (χ1v) is 3.31. The molecule has 55 valence electrons. The molecule has 0 saturated carbocycles. The number of hydroxylamine groups is 1. The van der Waals surface area contributed by atoms with Gasteiger partial charge in [0.15, 0.2) is 0 Å². The van der Waals surface area contributed by atoms with E-state index in [1.54, 1.807) is 24.3 Å². The summed E-state index contributed by atoms with van der Waals surface area (Å²) in [6.07, 6.45) is 0. The third kappa shape index (κ3) is 0.859. The van der Waals surface area contributed by atoms with Gasteiger partial charge in [-0.15, -0.1) is 0 Å². The van der Waals surface area contributed by atoms with Crippen molar-refractivity contribution in [3.63, 3.8) is 0 Å². The lowest BCUT2D eigenvalue weighted by molar-refractivity contribution is -0.729. The topological polar surface area (TPSA) is 44.6 Å². The lowest BCUT2D eigenvalue weighted by Crippen LogP contribution is -2.97. The van der Waals surface area contributed by atoms with Crippen LogP contribution in [0.5, 0.6) is 0 Å². The van der Waals surface area contributed by atoms with Gasteiger partial charge in [0.2, 0.25) is 12.3 Å². The minimum Gasteiger partial charge on any atom is -0.628 e. The molecule has 0 fully saturated rings. The molecule has 1 unspecified atom stereocenters. The number of nitrogens with one attached hydrogen (secondary N) is 1. The second kappa shape index (κ2) is 2.15. The number of hydrogen-bond donors (Lipinski definition) is 1. The van der Waals surface area contributed by atoms with Crippen LogP contribution in [-0.4, -0.2) is 5.78 Å². The van der Waals surface area contributed by atoms with Crippen molar-refractivity contribution in [3.8, 4) is 0 Å². The van der Waals surface area contributed by atoms with Gasteiger partial charge in [-0.3, -0.25) is 4.79 Å². The molecule has 1 heterocycles. The van der Waals surface area contributed by atoms with Gasteiger partial charge >= 0.3 is 0 Å². The van der Waals surface area contributed by atoms with Gasteiger partial charge in [-0.1, -0.05) is 12.1 Å². The highest BCUT2D eigenvalue weighted by molar-refractivity contribution is 6.06. The Bertz CT molecular complexity index is 309. The van der Waals surface area contributed by atoms with Crippen molar-refractivity contribution >= 4 is 11.5 Å². The molecular formula is C8H6NO2. The molecule has 3 nitrogen and oxygen atoms in total. The van der Waals surface area contributed by atoms with Crippen molar-refractivity contribution in [2.24, 2.45) is 0 Å². The molecule has 0 spiro atoms. The van der Waals surface area contributed by atoms with Gasteiger partial charge in [0.1, 0.15) is 5.69 Å². The molecule has 0 bridgehead atoms. The van der Waals surface area contributed by atoms with Crippen LogP contribution in [-0.2, 0) is 0 Å². The highest BCUT2D eigenvalue weighted by atomic mass is 16.5. The number of fused-ring (bicyclic) bond motifs is 1. The largest absolute Gasteiger partial charge is 0.628 e. The second-order valence-corrected chi connectivity index (χ2v) is 2.42. The molecule has 1 atom stereocenters. The van der Waals surface area contributed by atoms with E-state index in [1.165, 1.54) is 0 Å². The second-order valence-electron chi connectivity index (χ2n) is 2.42. The van der Waals surface area contributed by atoms with E-state index in [2.05, 4.69) is 0 Å². The standard InChI is InChI=1S/C8H6NO2/c10-8-5-9(11)7-4-2-1-3-6(7)8/h1-5,9H. The first-order valence-electron chi connectivity index (χ1n) is 3.31. The Labute approximate surface area is 63.8 Å². The number of hydrogen-bond acceptors (Lipinski definition) is 2. The number of carbonyl (C=O) groups excluding carboxylic acids is 1. The summed E-state index contributed by atoms with van der Waals surface area (Å²) < 4.78 is 0. The van der Waals surface area contributed by atoms with Crippen LogP contribution in [0, 0.1) is 11.8 Å². The zero-order chi connectivity index (χ0) is 7.84. The van der Waals surface area contributed by atoms with Crippen LogP contribution in [0.4, 0.5) is 5.69 Å². The van der Waals surface area contributed by atoms with Crippen LogP contribution in [0.2, 0.25) is 0 Å². The highest BCUT2D eigenvalue weighted by Crippen LogP contribution is 2.16. The van der Waals surface area contributed by atoms with Crippen molar-refractivity contribution in [1.29, 1.82) is 0 Å². The lowest BCUT2D eigenvalue weighted by atomic mass is 10.1. The molecule has 1 aromatic carbocycles. The molecule has 11 heavy (non-hydrogen) atoms. The Hall–Kier alpha value is -1.19. The van der Waals surface area contributed by atoms with E-state index in [0.29, 0.717) is 11.3 Å². The van der Waals surface area contributed by atoms with Crippen LogP contribution in [0.15, 0.2) is 24.3 Å². The van der Waals surface area contributed by atoms with Gasteiger partial charge in [-0.25, -0.2) is 0 Å². The molecule has 1 aliphatic rings. The summed E-state index contributed by atoms with van der Waals surface area (Å²) in [6, 6.07) is 6.84. The fourth-order valence-corrected chi connectivity index (χ4v) is 1.19. The number of Topliss-reactive ketones (excluding diaryl/α,β-unsaturated/α-hetero) is 1. The Morgan fingerprint density at radius 2 is 2.00 bits per heavy atom. The number of carbonyl (C=O) groups is 1. The Balaban J connectivity index is 2.60. The summed E-state index contributed by atoms with van der Waals surface area (Å²) in [4.78, 5) is 11.0. The molecule has 1 aliphatic heterocycles. The number of quaternary nitrogens is 1.